The maximum atomic E-state index is 13.3. The normalized spacial score (nSPS) is 12.2. The van der Waals surface area contributed by atoms with Crippen molar-refractivity contribution >= 4 is 17.7 Å². The maximum absolute atomic E-state index is 13.3. The summed E-state index contributed by atoms with van der Waals surface area (Å²) in [5.74, 6) is -0.272. The van der Waals surface area contributed by atoms with Crippen LogP contribution in [0, 0.1) is 0 Å². The molecule has 0 radical (unpaired) electrons. The summed E-state index contributed by atoms with van der Waals surface area (Å²) in [6.07, 6.45) is 46.7. The van der Waals surface area contributed by atoms with E-state index in [1.807, 2.05) is 0 Å². The summed E-state index contributed by atoms with van der Waals surface area (Å²) in [7, 11) is 4.36. The number of unbranched alkanes of at least 4 members (excludes halogenated alkanes) is 33. The first-order chi connectivity index (χ1) is 29.3. The van der Waals surface area contributed by atoms with Crippen LogP contribution in [0.2, 0.25) is 0 Å². The lowest BCUT2D eigenvalue weighted by Gasteiger charge is -2.28. The molecule has 0 bridgehead atoms. The van der Waals surface area contributed by atoms with Crippen molar-refractivity contribution in [3.63, 3.8) is 0 Å². The number of carbonyl (C=O) groups excluding carboxylic acids is 3. The van der Waals surface area contributed by atoms with Gasteiger partial charge in [0.15, 0.2) is 0 Å². The first-order valence-corrected chi connectivity index (χ1v) is 26.5. The van der Waals surface area contributed by atoms with Gasteiger partial charge >= 0.3 is 0 Å². The van der Waals surface area contributed by atoms with Gasteiger partial charge in [0, 0.05) is 25.9 Å². The number of hydrogen-bond acceptors (Lipinski definition) is 4. The smallest absolute Gasteiger partial charge is 0.242 e. The molecule has 1 atom stereocenters. The van der Waals surface area contributed by atoms with Gasteiger partial charge in [-0.1, -0.05) is 213 Å². The number of aliphatic hydroxyl groups is 1. The first kappa shape index (κ1) is 58.3. The fourth-order valence-electron chi connectivity index (χ4n) is 8.37. The van der Waals surface area contributed by atoms with E-state index in [1.165, 1.54) is 186 Å². The fraction of sp³-hybridized carbons (Fsp3) is 0.942. The lowest BCUT2D eigenvalue weighted by Crippen LogP contribution is -2.47. The molecular formula is C52H105N4O4+. The van der Waals surface area contributed by atoms with Gasteiger partial charge in [0.1, 0.15) is 12.6 Å². The molecule has 0 saturated carbocycles. The molecule has 60 heavy (non-hydrogen) atoms. The highest BCUT2D eigenvalue weighted by atomic mass is 16.3. The number of rotatable bonds is 48. The van der Waals surface area contributed by atoms with E-state index in [-0.39, 0.29) is 30.7 Å². The highest BCUT2D eigenvalue weighted by Crippen LogP contribution is 2.15. The van der Waals surface area contributed by atoms with Gasteiger partial charge in [0.2, 0.25) is 17.7 Å². The van der Waals surface area contributed by atoms with Crippen molar-refractivity contribution in [1.82, 2.24) is 16.0 Å². The summed E-state index contributed by atoms with van der Waals surface area (Å²) in [4.78, 5) is 39.0. The van der Waals surface area contributed by atoms with Crippen LogP contribution in [0.3, 0.4) is 0 Å². The molecule has 0 aliphatic rings. The highest BCUT2D eigenvalue weighted by molar-refractivity contribution is 5.88. The lowest BCUT2D eigenvalue weighted by atomic mass is 10.0. The van der Waals surface area contributed by atoms with Crippen molar-refractivity contribution in [2.24, 2.45) is 0 Å². The minimum absolute atomic E-state index is 0.0309. The number of nitrogens with one attached hydrogen (secondary N) is 3. The number of hydrogen-bond donors (Lipinski definition) is 4. The van der Waals surface area contributed by atoms with Crippen LogP contribution < -0.4 is 16.0 Å². The van der Waals surface area contributed by atoms with Crippen LogP contribution in [0.25, 0.3) is 0 Å². The fourth-order valence-corrected chi connectivity index (χ4v) is 8.37. The Morgan fingerprint density at radius 2 is 0.767 bits per heavy atom. The molecule has 0 aliphatic heterocycles. The van der Waals surface area contributed by atoms with Crippen LogP contribution >= 0.6 is 0 Å². The van der Waals surface area contributed by atoms with Gasteiger partial charge in [-0.05, 0) is 38.5 Å². The quantitative estimate of drug-likeness (QED) is 0.0361. The number of quaternary nitrogens is 1. The van der Waals surface area contributed by atoms with Crippen LogP contribution in [-0.4, -0.2) is 80.2 Å². The second-order valence-corrected chi connectivity index (χ2v) is 19.2. The second kappa shape index (κ2) is 45.4. The molecule has 0 rings (SSSR count). The monoisotopic (exact) mass is 850 g/mol. The Balaban J connectivity index is 4.37. The zero-order valence-corrected chi connectivity index (χ0v) is 40.8. The van der Waals surface area contributed by atoms with Crippen molar-refractivity contribution in [3.8, 4) is 0 Å². The van der Waals surface area contributed by atoms with Crippen molar-refractivity contribution in [3.05, 3.63) is 0 Å². The highest BCUT2D eigenvalue weighted by Gasteiger charge is 2.21. The number of aliphatic hydroxyl groups excluding tert-OH is 1. The van der Waals surface area contributed by atoms with E-state index in [2.05, 4.69) is 43.9 Å². The lowest BCUT2D eigenvalue weighted by molar-refractivity contribution is -0.890. The Hall–Kier alpha value is -1.67. The van der Waals surface area contributed by atoms with Gasteiger partial charge in [-0.25, -0.2) is 0 Å². The Labute approximate surface area is 373 Å². The third-order valence-corrected chi connectivity index (χ3v) is 12.6. The van der Waals surface area contributed by atoms with Crippen molar-refractivity contribution in [1.29, 1.82) is 0 Å². The van der Waals surface area contributed by atoms with E-state index in [9.17, 15) is 19.5 Å². The molecular weight excluding hydrogens is 745 g/mol. The molecule has 0 aromatic carbocycles. The topological polar surface area (TPSA) is 108 Å². The summed E-state index contributed by atoms with van der Waals surface area (Å²) in [5, 5.41) is 18.3. The van der Waals surface area contributed by atoms with E-state index in [0.29, 0.717) is 25.9 Å². The molecule has 0 saturated heterocycles. The van der Waals surface area contributed by atoms with E-state index >= 15 is 0 Å². The van der Waals surface area contributed by atoms with Gasteiger partial charge in [-0.3, -0.25) is 14.4 Å². The summed E-state index contributed by atoms with van der Waals surface area (Å²) < 4.78 is 0.882. The molecule has 0 aromatic heterocycles. The number of likely N-dealkylation sites (N-methyl/N-ethyl adjacent to an activating group) is 1. The molecule has 8 heteroatoms. The van der Waals surface area contributed by atoms with Crippen molar-refractivity contribution in [2.45, 2.75) is 270 Å². The van der Waals surface area contributed by atoms with Gasteiger partial charge in [0.05, 0.1) is 27.2 Å². The zero-order chi connectivity index (χ0) is 44.0. The summed E-state index contributed by atoms with van der Waals surface area (Å²) in [5.41, 5.74) is 0. The second-order valence-electron chi connectivity index (χ2n) is 19.2. The van der Waals surface area contributed by atoms with Crippen molar-refractivity contribution in [2.75, 3.05) is 46.9 Å². The molecule has 4 N–H and O–H groups in total. The Morgan fingerprint density at radius 3 is 1.17 bits per heavy atom. The zero-order valence-electron chi connectivity index (χ0n) is 40.8. The van der Waals surface area contributed by atoms with Gasteiger partial charge < -0.3 is 25.5 Å². The van der Waals surface area contributed by atoms with Crippen molar-refractivity contribution < 1.29 is 24.0 Å². The molecule has 8 nitrogen and oxygen atoms in total. The molecule has 0 aliphatic carbocycles. The summed E-state index contributed by atoms with van der Waals surface area (Å²) >= 11 is 0. The maximum Gasteiger partial charge on any atom is 0.242 e. The average Bonchev–Trinajstić information content (AvgIpc) is 3.22. The molecule has 3 amide bonds. The molecule has 1 unspecified atom stereocenters. The molecule has 0 spiro atoms. The molecule has 356 valence electrons. The summed E-state index contributed by atoms with van der Waals surface area (Å²) in [6, 6.07) is -0.670. The van der Waals surface area contributed by atoms with E-state index in [4.69, 9.17) is 0 Å². The van der Waals surface area contributed by atoms with Crippen LogP contribution in [0.5, 0.6) is 0 Å². The van der Waals surface area contributed by atoms with Gasteiger partial charge in [-0.2, -0.15) is 0 Å². The van der Waals surface area contributed by atoms with E-state index in [0.717, 1.165) is 62.5 Å². The Kier molecular flexibility index (Phi) is 44.1. The van der Waals surface area contributed by atoms with Crippen LogP contribution in [0.4, 0.5) is 0 Å². The van der Waals surface area contributed by atoms with Gasteiger partial charge in [-0.15, -0.1) is 0 Å². The molecule has 0 heterocycles. The van der Waals surface area contributed by atoms with E-state index in [1.54, 1.807) is 0 Å². The SMILES string of the molecule is CCCCCCCCCCCCCCCCNC(=O)CCC(NC(=O)CCCCCCCCCC[N+](C)(C)CCO)C(=O)NCCCCCCCCCCCCCCCC. The minimum atomic E-state index is -0.670. The first-order valence-electron chi connectivity index (χ1n) is 26.5. The Bertz CT molecular complexity index is 945. The Morgan fingerprint density at radius 1 is 0.417 bits per heavy atom. The number of amides is 3. The van der Waals surface area contributed by atoms with Gasteiger partial charge in [0.25, 0.3) is 0 Å². The number of nitrogens with zero attached hydrogens (tertiary/aromatic N) is 1. The predicted octanol–water partition coefficient (Wildman–Crippen LogP) is 13.0. The third kappa shape index (κ3) is 43.0. The minimum Gasteiger partial charge on any atom is -0.391 e. The molecule has 0 fully saturated rings. The van der Waals surface area contributed by atoms with E-state index < -0.39 is 6.04 Å². The average molecular weight is 850 g/mol. The number of carbonyl (C=O) groups is 3. The van der Waals surface area contributed by atoms with Crippen LogP contribution in [0.1, 0.15) is 264 Å². The molecule has 0 aromatic rings. The summed E-state index contributed by atoms with van der Waals surface area (Å²) in [6.45, 7) is 8.02. The predicted molar refractivity (Wildman–Crippen MR) is 258 cm³/mol. The van der Waals surface area contributed by atoms with Crippen LogP contribution in [-0.2, 0) is 14.4 Å². The standard InChI is InChI=1S/C52H104N4O4/c1-5-7-9-11-13-15-17-19-21-23-26-30-34-38-44-53-50(58)43-42-49(52(60)54-45-39-35-31-27-24-22-20-18-16-14-12-10-8-6-2)55-51(59)41-37-33-29-25-28-32-36-40-46-56(3,4)47-48-57/h49,57H,5-48H2,1-4H3,(H2-,53,54,55,58,59,60)/p+1. The van der Waals surface area contributed by atoms with Crippen LogP contribution in [0.15, 0.2) is 0 Å². The third-order valence-electron chi connectivity index (χ3n) is 12.6. The largest absolute Gasteiger partial charge is 0.391 e.